The van der Waals surface area contributed by atoms with Crippen LogP contribution in [0.3, 0.4) is 0 Å². The maximum atomic E-state index is 13.5. The molecule has 32 heavy (non-hydrogen) atoms. The number of halogens is 1. The number of rotatable bonds is 4. The highest BCUT2D eigenvalue weighted by Gasteiger charge is 2.37. The van der Waals surface area contributed by atoms with Gasteiger partial charge in [0.2, 0.25) is 6.17 Å². The van der Waals surface area contributed by atoms with E-state index in [1.807, 2.05) is 42.5 Å². The smallest absolute Gasteiger partial charge is 0.272 e. The lowest BCUT2D eigenvalue weighted by atomic mass is 9.97. The minimum Gasteiger partial charge on any atom is -0.497 e. The van der Waals surface area contributed by atoms with Gasteiger partial charge >= 0.3 is 0 Å². The SMILES string of the molecule is COc1cc2c3c(c1)C(c1ccccc1)=NC(NC(=O)c1ccc(Cl)cc1)C(=O)N3CC2. The van der Waals surface area contributed by atoms with Crippen molar-refractivity contribution in [2.24, 2.45) is 4.99 Å². The molecule has 160 valence electrons. The molecule has 7 heteroatoms. The molecule has 1 unspecified atom stereocenters. The third kappa shape index (κ3) is 3.52. The Labute approximate surface area is 190 Å². The van der Waals surface area contributed by atoms with Crippen LogP contribution in [-0.2, 0) is 11.2 Å². The maximum Gasteiger partial charge on any atom is 0.272 e. The fourth-order valence-corrected chi connectivity index (χ4v) is 4.29. The van der Waals surface area contributed by atoms with Crippen molar-refractivity contribution in [2.45, 2.75) is 12.6 Å². The number of amides is 2. The van der Waals surface area contributed by atoms with Crippen LogP contribution in [0.4, 0.5) is 5.69 Å². The normalized spacial score (nSPS) is 16.8. The summed E-state index contributed by atoms with van der Waals surface area (Å²) < 4.78 is 5.51. The molecule has 3 aromatic carbocycles. The van der Waals surface area contributed by atoms with E-state index in [0.717, 1.165) is 22.4 Å². The van der Waals surface area contributed by atoms with Gasteiger partial charge in [0.1, 0.15) is 5.75 Å². The van der Waals surface area contributed by atoms with E-state index in [9.17, 15) is 9.59 Å². The average molecular weight is 446 g/mol. The van der Waals surface area contributed by atoms with Gasteiger partial charge in [0.25, 0.3) is 11.8 Å². The van der Waals surface area contributed by atoms with Crippen LogP contribution in [0.2, 0.25) is 5.02 Å². The Morgan fingerprint density at radius 2 is 1.88 bits per heavy atom. The maximum absolute atomic E-state index is 13.5. The topological polar surface area (TPSA) is 71.0 Å². The number of aliphatic imine (C=N–C) groups is 1. The number of nitrogens with zero attached hydrogens (tertiary/aromatic N) is 2. The Morgan fingerprint density at radius 1 is 1.12 bits per heavy atom. The minimum atomic E-state index is -1.06. The van der Waals surface area contributed by atoms with E-state index in [1.165, 1.54) is 0 Å². The molecule has 6 nitrogen and oxygen atoms in total. The zero-order valence-electron chi connectivity index (χ0n) is 17.3. The number of ether oxygens (including phenoxy) is 1. The summed E-state index contributed by atoms with van der Waals surface area (Å²) in [6.45, 7) is 0.527. The van der Waals surface area contributed by atoms with Crippen LogP contribution in [-0.4, -0.2) is 37.3 Å². The summed E-state index contributed by atoms with van der Waals surface area (Å²) in [5.74, 6) is 0.0582. The first-order valence-electron chi connectivity index (χ1n) is 10.3. The van der Waals surface area contributed by atoms with Gasteiger partial charge in [0.05, 0.1) is 18.5 Å². The molecular weight excluding hydrogens is 426 g/mol. The lowest BCUT2D eigenvalue weighted by molar-refractivity contribution is -0.120. The molecule has 0 saturated carbocycles. The predicted octanol–water partition coefficient (Wildman–Crippen LogP) is 3.84. The molecule has 2 aliphatic rings. The number of methoxy groups -OCH3 is 1. The summed E-state index contributed by atoms with van der Waals surface area (Å²) in [7, 11) is 1.62. The van der Waals surface area contributed by atoms with Crippen molar-refractivity contribution in [1.29, 1.82) is 0 Å². The summed E-state index contributed by atoms with van der Waals surface area (Å²) in [5.41, 5.74) is 4.58. The lowest BCUT2D eigenvalue weighted by Crippen LogP contribution is -2.46. The van der Waals surface area contributed by atoms with Gasteiger partial charge in [-0.15, -0.1) is 0 Å². The molecule has 2 heterocycles. The van der Waals surface area contributed by atoms with Crippen molar-refractivity contribution < 1.29 is 14.3 Å². The third-order valence-electron chi connectivity index (χ3n) is 5.71. The second-order valence-electron chi connectivity index (χ2n) is 7.65. The molecule has 0 radical (unpaired) electrons. The highest BCUT2D eigenvalue weighted by molar-refractivity contribution is 6.30. The summed E-state index contributed by atoms with van der Waals surface area (Å²) in [5, 5.41) is 3.34. The largest absolute Gasteiger partial charge is 0.497 e. The Morgan fingerprint density at radius 3 is 2.59 bits per heavy atom. The molecule has 0 saturated heterocycles. The van der Waals surface area contributed by atoms with Gasteiger partial charge in [-0.25, -0.2) is 4.99 Å². The Kier molecular flexibility index (Phi) is 5.15. The van der Waals surface area contributed by atoms with E-state index >= 15 is 0 Å². The zero-order chi connectivity index (χ0) is 22.2. The monoisotopic (exact) mass is 445 g/mol. The van der Waals surface area contributed by atoms with Crippen LogP contribution >= 0.6 is 11.6 Å². The van der Waals surface area contributed by atoms with Crippen LogP contribution in [0.1, 0.15) is 27.0 Å². The van der Waals surface area contributed by atoms with Gasteiger partial charge in [0.15, 0.2) is 0 Å². The van der Waals surface area contributed by atoms with Gasteiger partial charge in [-0.2, -0.15) is 0 Å². The van der Waals surface area contributed by atoms with Crippen molar-refractivity contribution in [3.8, 4) is 5.75 Å². The number of carbonyl (C=O) groups is 2. The van der Waals surface area contributed by atoms with Crippen molar-refractivity contribution in [2.75, 3.05) is 18.6 Å². The van der Waals surface area contributed by atoms with Crippen molar-refractivity contribution in [3.05, 3.63) is 94.0 Å². The number of hydrogen-bond donors (Lipinski definition) is 1. The molecule has 1 atom stereocenters. The molecule has 2 aliphatic heterocycles. The second kappa shape index (κ2) is 8.13. The van der Waals surface area contributed by atoms with Crippen LogP contribution in [0.25, 0.3) is 0 Å². The summed E-state index contributed by atoms with van der Waals surface area (Å²) in [6.07, 6.45) is -0.344. The molecule has 0 bridgehead atoms. The molecule has 0 aliphatic carbocycles. The second-order valence-corrected chi connectivity index (χ2v) is 8.09. The third-order valence-corrected chi connectivity index (χ3v) is 5.96. The molecule has 2 amide bonds. The summed E-state index contributed by atoms with van der Waals surface area (Å²) in [4.78, 5) is 32.9. The lowest BCUT2D eigenvalue weighted by Gasteiger charge is -2.21. The van der Waals surface area contributed by atoms with Gasteiger partial charge < -0.3 is 15.0 Å². The molecule has 5 rings (SSSR count). The number of nitrogens with one attached hydrogen (secondary N) is 1. The van der Waals surface area contributed by atoms with E-state index in [2.05, 4.69) is 5.32 Å². The first kappa shape index (κ1) is 20.3. The number of carbonyl (C=O) groups excluding carboxylic acids is 2. The first-order valence-corrected chi connectivity index (χ1v) is 10.7. The molecule has 3 aromatic rings. The van der Waals surface area contributed by atoms with Crippen molar-refractivity contribution >= 4 is 34.8 Å². The minimum absolute atomic E-state index is 0.261. The van der Waals surface area contributed by atoms with Gasteiger partial charge in [-0.3, -0.25) is 9.59 Å². The fraction of sp³-hybridized carbons (Fsp3) is 0.160. The van der Waals surface area contributed by atoms with E-state index in [-0.39, 0.29) is 11.8 Å². The highest BCUT2D eigenvalue weighted by Crippen LogP contribution is 2.39. The summed E-state index contributed by atoms with van der Waals surface area (Å²) >= 11 is 5.94. The Hall–Kier alpha value is -3.64. The van der Waals surface area contributed by atoms with Gasteiger partial charge in [0, 0.05) is 28.3 Å². The van der Waals surface area contributed by atoms with Crippen LogP contribution in [0.5, 0.6) is 5.75 Å². The fourth-order valence-electron chi connectivity index (χ4n) is 4.17. The van der Waals surface area contributed by atoms with Crippen LogP contribution in [0.15, 0.2) is 71.7 Å². The molecule has 0 aromatic heterocycles. The van der Waals surface area contributed by atoms with E-state index in [0.29, 0.717) is 35.0 Å². The molecule has 1 N–H and O–H groups in total. The molecular formula is C25H20ClN3O3. The number of hydrogen-bond acceptors (Lipinski definition) is 4. The number of benzene rings is 3. The zero-order valence-corrected chi connectivity index (χ0v) is 18.1. The predicted molar refractivity (Wildman–Crippen MR) is 124 cm³/mol. The van der Waals surface area contributed by atoms with Crippen molar-refractivity contribution in [1.82, 2.24) is 5.32 Å². The van der Waals surface area contributed by atoms with Gasteiger partial charge in [-0.05, 0) is 48.4 Å². The summed E-state index contributed by atoms with van der Waals surface area (Å²) in [6, 6.07) is 20.0. The first-order chi connectivity index (χ1) is 15.5. The quantitative estimate of drug-likeness (QED) is 0.663. The van der Waals surface area contributed by atoms with E-state index in [4.69, 9.17) is 21.3 Å². The van der Waals surface area contributed by atoms with E-state index < -0.39 is 6.17 Å². The average Bonchev–Trinajstić information content (AvgIpc) is 3.21. The van der Waals surface area contributed by atoms with Crippen LogP contribution < -0.4 is 15.0 Å². The van der Waals surface area contributed by atoms with Crippen LogP contribution in [0, 0.1) is 0 Å². The molecule has 0 spiro atoms. The highest BCUT2D eigenvalue weighted by atomic mass is 35.5. The Bertz CT molecular complexity index is 1240. The van der Waals surface area contributed by atoms with Gasteiger partial charge in [-0.1, -0.05) is 41.9 Å². The molecule has 0 fully saturated rings. The standard InChI is InChI=1S/C25H20ClN3O3/c1-32-19-13-17-11-12-29-22(17)20(14-19)21(15-5-3-2-4-6-15)27-23(25(29)31)28-24(30)16-7-9-18(26)10-8-16/h2-10,13-14,23H,11-12H2,1H3,(H,28,30). The Balaban J connectivity index is 1.62. The number of anilines is 1. The van der Waals surface area contributed by atoms with E-state index in [1.54, 1.807) is 36.3 Å². The van der Waals surface area contributed by atoms with Crippen molar-refractivity contribution in [3.63, 3.8) is 0 Å².